The molecule has 0 fully saturated rings. The predicted octanol–water partition coefficient (Wildman–Crippen LogP) is 5.07. The Labute approximate surface area is 150 Å². The summed E-state index contributed by atoms with van der Waals surface area (Å²) < 4.78 is 10.8. The Kier molecular flexibility index (Phi) is 7.33. The van der Waals surface area contributed by atoms with Crippen LogP contribution in [0.2, 0.25) is 0 Å². The third-order valence-electron chi connectivity index (χ3n) is 4.18. The molecule has 0 N–H and O–H groups in total. The SMILES string of the molecule is CCc1ccc(OC(=O)OC(CC)CN(CC)c2ccccc2)cc1. The van der Waals surface area contributed by atoms with Crippen molar-refractivity contribution in [1.82, 2.24) is 0 Å². The van der Waals surface area contributed by atoms with Gasteiger partial charge in [0.2, 0.25) is 0 Å². The van der Waals surface area contributed by atoms with Gasteiger partial charge in [-0.25, -0.2) is 4.79 Å². The van der Waals surface area contributed by atoms with E-state index in [-0.39, 0.29) is 6.10 Å². The van der Waals surface area contributed by atoms with Crippen molar-refractivity contribution in [2.75, 3.05) is 18.0 Å². The summed E-state index contributed by atoms with van der Waals surface area (Å²) >= 11 is 0. The summed E-state index contributed by atoms with van der Waals surface area (Å²) in [6, 6.07) is 17.6. The third kappa shape index (κ3) is 5.82. The Morgan fingerprint density at radius 1 is 1.00 bits per heavy atom. The van der Waals surface area contributed by atoms with E-state index in [1.54, 1.807) is 12.1 Å². The standard InChI is InChI=1S/C21H27NO3/c1-4-17-12-14-20(15-13-17)25-21(23)24-19(5-2)16-22(6-3)18-10-8-7-9-11-18/h7-15,19H,4-6,16H2,1-3H3. The van der Waals surface area contributed by atoms with E-state index >= 15 is 0 Å². The molecule has 0 aliphatic rings. The average Bonchev–Trinajstić information content (AvgIpc) is 2.66. The monoisotopic (exact) mass is 341 g/mol. The molecule has 0 aliphatic carbocycles. The second kappa shape index (κ2) is 9.72. The van der Waals surface area contributed by atoms with Crippen LogP contribution in [0.15, 0.2) is 54.6 Å². The molecule has 0 radical (unpaired) electrons. The van der Waals surface area contributed by atoms with Crippen LogP contribution in [0.4, 0.5) is 10.5 Å². The lowest BCUT2D eigenvalue weighted by Crippen LogP contribution is -2.35. The first-order chi connectivity index (χ1) is 12.2. The second-order valence-corrected chi connectivity index (χ2v) is 5.87. The minimum atomic E-state index is -0.653. The number of rotatable bonds is 8. The normalized spacial score (nSPS) is 11.6. The molecule has 0 saturated heterocycles. The van der Waals surface area contributed by atoms with Crippen molar-refractivity contribution >= 4 is 11.8 Å². The molecule has 0 amide bonds. The highest BCUT2D eigenvalue weighted by molar-refractivity contribution is 5.64. The number of hydrogen-bond donors (Lipinski definition) is 0. The van der Waals surface area contributed by atoms with E-state index in [0.717, 1.165) is 25.1 Å². The molecule has 0 aromatic heterocycles. The van der Waals surface area contributed by atoms with Crippen molar-refractivity contribution in [3.05, 3.63) is 60.2 Å². The van der Waals surface area contributed by atoms with Crippen LogP contribution in [0.5, 0.6) is 5.75 Å². The number of carbonyl (C=O) groups excluding carboxylic acids is 1. The number of carbonyl (C=O) groups is 1. The van der Waals surface area contributed by atoms with Crippen LogP contribution in [-0.4, -0.2) is 25.3 Å². The molecule has 0 spiro atoms. The first kappa shape index (κ1) is 18.8. The van der Waals surface area contributed by atoms with Crippen LogP contribution in [0.25, 0.3) is 0 Å². The van der Waals surface area contributed by atoms with Gasteiger partial charge in [-0.15, -0.1) is 0 Å². The maximum atomic E-state index is 12.1. The molecule has 0 heterocycles. The zero-order valence-corrected chi connectivity index (χ0v) is 15.3. The largest absolute Gasteiger partial charge is 0.514 e. The van der Waals surface area contributed by atoms with Gasteiger partial charge in [0.15, 0.2) is 0 Å². The fourth-order valence-corrected chi connectivity index (χ4v) is 2.60. The van der Waals surface area contributed by atoms with Crippen molar-refractivity contribution in [2.24, 2.45) is 0 Å². The Morgan fingerprint density at radius 2 is 1.68 bits per heavy atom. The minimum absolute atomic E-state index is 0.220. The van der Waals surface area contributed by atoms with Gasteiger partial charge in [0.1, 0.15) is 11.9 Å². The molecule has 4 heteroatoms. The number of aryl methyl sites for hydroxylation is 1. The Hall–Kier alpha value is -2.49. The maximum absolute atomic E-state index is 12.1. The van der Waals surface area contributed by atoms with Crippen molar-refractivity contribution in [3.63, 3.8) is 0 Å². The van der Waals surface area contributed by atoms with Crippen LogP contribution >= 0.6 is 0 Å². The van der Waals surface area contributed by atoms with Gasteiger partial charge >= 0.3 is 6.16 Å². The molecule has 0 saturated carbocycles. The van der Waals surface area contributed by atoms with Gasteiger partial charge in [-0.3, -0.25) is 0 Å². The number of para-hydroxylation sites is 1. The summed E-state index contributed by atoms with van der Waals surface area (Å²) in [7, 11) is 0. The lowest BCUT2D eigenvalue weighted by Gasteiger charge is -2.27. The number of benzene rings is 2. The summed E-state index contributed by atoms with van der Waals surface area (Å²) in [6.45, 7) is 7.67. The van der Waals surface area contributed by atoms with Crippen molar-refractivity contribution in [3.8, 4) is 5.75 Å². The van der Waals surface area contributed by atoms with Crippen LogP contribution < -0.4 is 9.64 Å². The highest BCUT2D eigenvalue weighted by atomic mass is 16.7. The average molecular weight is 341 g/mol. The van der Waals surface area contributed by atoms with Crippen LogP contribution in [0.3, 0.4) is 0 Å². The van der Waals surface area contributed by atoms with Crippen molar-refractivity contribution in [2.45, 2.75) is 39.7 Å². The van der Waals surface area contributed by atoms with E-state index < -0.39 is 6.16 Å². The fourth-order valence-electron chi connectivity index (χ4n) is 2.60. The Morgan fingerprint density at radius 3 is 2.24 bits per heavy atom. The van der Waals surface area contributed by atoms with Gasteiger partial charge in [0, 0.05) is 12.2 Å². The molecule has 4 nitrogen and oxygen atoms in total. The van der Waals surface area contributed by atoms with E-state index in [9.17, 15) is 4.79 Å². The number of likely N-dealkylation sites (N-methyl/N-ethyl adjacent to an activating group) is 1. The number of anilines is 1. The second-order valence-electron chi connectivity index (χ2n) is 5.87. The zero-order chi connectivity index (χ0) is 18.1. The summed E-state index contributed by atoms with van der Waals surface area (Å²) in [5, 5.41) is 0. The van der Waals surface area contributed by atoms with Crippen molar-refractivity contribution in [1.29, 1.82) is 0 Å². The summed E-state index contributed by atoms with van der Waals surface area (Å²) in [4.78, 5) is 14.3. The maximum Gasteiger partial charge on any atom is 0.514 e. The van der Waals surface area contributed by atoms with Crippen LogP contribution in [-0.2, 0) is 11.2 Å². The lowest BCUT2D eigenvalue weighted by atomic mass is 10.2. The van der Waals surface area contributed by atoms with Gasteiger partial charge in [-0.05, 0) is 49.6 Å². The van der Waals surface area contributed by atoms with Crippen molar-refractivity contribution < 1.29 is 14.3 Å². The van der Waals surface area contributed by atoms with E-state index in [1.807, 2.05) is 37.3 Å². The van der Waals surface area contributed by atoms with Gasteiger partial charge in [0.25, 0.3) is 0 Å². The summed E-state index contributed by atoms with van der Waals surface area (Å²) in [5.74, 6) is 0.507. The number of ether oxygens (including phenoxy) is 2. The molecule has 2 aromatic rings. The fraction of sp³-hybridized carbons (Fsp3) is 0.381. The highest BCUT2D eigenvalue weighted by Gasteiger charge is 2.18. The Balaban J connectivity index is 1.92. The molecule has 0 aliphatic heterocycles. The molecule has 25 heavy (non-hydrogen) atoms. The van der Waals surface area contributed by atoms with E-state index in [0.29, 0.717) is 12.3 Å². The molecule has 1 unspecified atom stereocenters. The molecule has 2 rings (SSSR count). The first-order valence-corrected chi connectivity index (χ1v) is 8.93. The number of nitrogens with zero attached hydrogens (tertiary/aromatic N) is 1. The molecule has 134 valence electrons. The van der Waals surface area contributed by atoms with Gasteiger partial charge in [-0.1, -0.05) is 44.2 Å². The van der Waals surface area contributed by atoms with Crippen LogP contribution in [0, 0.1) is 0 Å². The highest BCUT2D eigenvalue weighted by Crippen LogP contribution is 2.17. The Bertz CT molecular complexity index is 640. The quantitative estimate of drug-likeness (QED) is 0.496. The third-order valence-corrected chi connectivity index (χ3v) is 4.18. The summed E-state index contributed by atoms with van der Waals surface area (Å²) in [5.41, 5.74) is 2.32. The van der Waals surface area contributed by atoms with Gasteiger partial charge in [0.05, 0.1) is 6.54 Å². The van der Waals surface area contributed by atoms with Gasteiger partial charge in [-0.2, -0.15) is 0 Å². The first-order valence-electron chi connectivity index (χ1n) is 8.93. The molecule has 1 atom stereocenters. The molecule has 2 aromatic carbocycles. The zero-order valence-electron chi connectivity index (χ0n) is 15.3. The van der Waals surface area contributed by atoms with Gasteiger partial charge < -0.3 is 14.4 Å². The minimum Gasteiger partial charge on any atom is -0.429 e. The summed E-state index contributed by atoms with van der Waals surface area (Å²) in [6.07, 6.45) is 0.810. The van der Waals surface area contributed by atoms with Crippen LogP contribution in [0.1, 0.15) is 32.8 Å². The molecular weight excluding hydrogens is 314 g/mol. The van der Waals surface area contributed by atoms with E-state index in [2.05, 4.69) is 30.9 Å². The topological polar surface area (TPSA) is 38.8 Å². The molecule has 0 bridgehead atoms. The number of hydrogen-bond acceptors (Lipinski definition) is 4. The van der Waals surface area contributed by atoms with E-state index in [1.165, 1.54) is 5.56 Å². The van der Waals surface area contributed by atoms with E-state index in [4.69, 9.17) is 9.47 Å². The predicted molar refractivity (Wildman–Crippen MR) is 101 cm³/mol. The molecular formula is C21H27NO3. The smallest absolute Gasteiger partial charge is 0.429 e. The lowest BCUT2D eigenvalue weighted by molar-refractivity contribution is 0.0594.